The summed E-state index contributed by atoms with van der Waals surface area (Å²) in [7, 11) is 0. The maximum absolute atomic E-state index is 12.8. The number of ether oxygens (including phenoxy) is 1. The summed E-state index contributed by atoms with van der Waals surface area (Å²) in [4.78, 5) is 19.6. The van der Waals surface area contributed by atoms with Gasteiger partial charge in [0.2, 0.25) is 0 Å². The molecule has 30 heavy (non-hydrogen) atoms. The molecule has 2 aromatic rings. The Hall–Kier alpha value is -2.66. The van der Waals surface area contributed by atoms with Crippen molar-refractivity contribution in [2.45, 2.75) is 45.8 Å². The highest BCUT2D eigenvalue weighted by molar-refractivity contribution is 6.13. The monoisotopic (exact) mass is 408 g/mol. The average molecular weight is 409 g/mol. The quantitative estimate of drug-likeness (QED) is 0.756. The Balaban J connectivity index is 1.95. The molecule has 1 amide bonds. The third-order valence-electron chi connectivity index (χ3n) is 5.17. The van der Waals surface area contributed by atoms with Crippen LogP contribution in [0.1, 0.15) is 45.2 Å². The Morgan fingerprint density at radius 1 is 1.10 bits per heavy atom. The second-order valence-corrected chi connectivity index (χ2v) is 9.40. The molecule has 0 saturated carbocycles. The Labute approximate surface area is 179 Å². The largest absolute Gasteiger partial charge is 0.444 e. The zero-order valence-corrected chi connectivity index (χ0v) is 18.3. The first-order valence-electron chi connectivity index (χ1n) is 10.5. The van der Waals surface area contributed by atoms with Crippen LogP contribution < -0.4 is 0 Å². The van der Waals surface area contributed by atoms with Crippen molar-refractivity contribution in [1.82, 2.24) is 4.90 Å². The van der Waals surface area contributed by atoms with Gasteiger partial charge in [-0.2, -0.15) is 0 Å². The molecule has 1 aliphatic heterocycles. The normalized spacial score (nSPS) is 21.8. The molecule has 0 bridgehead atoms. The summed E-state index contributed by atoms with van der Waals surface area (Å²) in [6, 6.07) is 20.0. The Kier molecular flexibility index (Phi) is 6.61. The molecule has 5 nitrogen and oxygen atoms in total. The number of rotatable bonds is 4. The molecule has 3 rings (SSSR count). The van der Waals surface area contributed by atoms with Crippen molar-refractivity contribution in [1.29, 1.82) is 0 Å². The second-order valence-electron chi connectivity index (χ2n) is 9.40. The maximum Gasteiger partial charge on any atom is 0.410 e. The van der Waals surface area contributed by atoms with Gasteiger partial charge in [-0.15, -0.1) is 0 Å². The van der Waals surface area contributed by atoms with Gasteiger partial charge in [-0.1, -0.05) is 67.6 Å². The first-order chi connectivity index (χ1) is 14.2. The van der Waals surface area contributed by atoms with Crippen molar-refractivity contribution >= 4 is 11.8 Å². The average Bonchev–Trinajstić information content (AvgIpc) is 2.72. The highest BCUT2D eigenvalue weighted by Gasteiger charge is 2.39. The number of carbonyl (C=O) groups excluding carboxylic acids is 1. The standard InChI is InChI=1S/C25H32N2O3/c1-24(2,3)30-23(29)27-16-21(15-25(4,17-27)18-28)26-22(19-11-7-5-8-12-19)20-13-9-6-10-14-20/h5-14,21,28H,15-18H2,1-4H3. The van der Waals surface area contributed by atoms with Gasteiger partial charge in [0, 0.05) is 29.6 Å². The van der Waals surface area contributed by atoms with Crippen LogP contribution in [0.25, 0.3) is 0 Å². The van der Waals surface area contributed by atoms with Crippen LogP contribution in [0, 0.1) is 5.41 Å². The van der Waals surface area contributed by atoms with Crippen LogP contribution in [0.3, 0.4) is 0 Å². The van der Waals surface area contributed by atoms with E-state index >= 15 is 0 Å². The Bertz CT molecular complexity index is 833. The van der Waals surface area contributed by atoms with E-state index in [4.69, 9.17) is 9.73 Å². The third-order valence-corrected chi connectivity index (χ3v) is 5.17. The minimum absolute atomic E-state index is 0.00960. The molecule has 1 heterocycles. The van der Waals surface area contributed by atoms with E-state index in [1.807, 2.05) is 88.4 Å². The van der Waals surface area contributed by atoms with Crippen molar-refractivity contribution in [3.05, 3.63) is 71.8 Å². The topological polar surface area (TPSA) is 62.1 Å². The number of likely N-dealkylation sites (tertiary alicyclic amines) is 1. The van der Waals surface area contributed by atoms with Gasteiger partial charge in [0.25, 0.3) is 0 Å². The summed E-state index contributed by atoms with van der Waals surface area (Å²) >= 11 is 0. The van der Waals surface area contributed by atoms with Gasteiger partial charge >= 0.3 is 6.09 Å². The molecule has 0 spiro atoms. The molecule has 5 heteroatoms. The fourth-order valence-electron chi connectivity index (χ4n) is 3.83. The molecule has 1 aliphatic rings. The number of hydrogen-bond acceptors (Lipinski definition) is 4. The lowest BCUT2D eigenvalue weighted by Gasteiger charge is -2.42. The lowest BCUT2D eigenvalue weighted by molar-refractivity contribution is -0.00749. The van der Waals surface area contributed by atoms with E-state index in [1.54, 1.807) is 4.90 Å². The summed E-state index contributed by atoms with van der Waals surface area (Å²) in [5.41, 5.74) is 1.96. The fourth-order valence-corrected chi connectivity index (χ4v) is 3.83. The van der Waals surface area contributed by atoms with Crippen molar-refractivity contribution in [2.24, 2.45) is 10.4 Å². The molecule has 2 unspecified atom stereocenters. The molecule has 2 atom stereocenters. The molecule has 0 aromatic heterocycles. The second kappa shape index (κ2) is 9.00. The van der Waals surface area contributed by atoms with Gasteiger partial charge in [-0.25, -0.2) is 4.79 Å². The van der Waals surface area contributed by atoms with E-state index in [0.29, 0.717) is 19.5 Å². The molecule has 2 aromatic carbocycles. The van der Waals surface area contributed by atoms with Crippen LogP contribution in [0.5, 0.6) is 0 Å². The lowest BCUT2D eigenvalue weighted by Crippen LogP contribution is -2.52. The zero-order chi connectivity index (χ0) is 21.8. The number of nitrogens with zero attached hydrogens (tertiary/aromatic N) is 2. The van der Waals surface area contributed by atoms with Gasteiger partial charge < -0.3 is 14.7 Å². The minimum atomic E-state index is -0.567. The van der Waals surface area contributed by atoms with E-state index in [-0.39, 0.29) is 18.7 Å². The molecule has 1 fully saturated rings. The highest BCUT2D eigenvalue weighted by Crippen LogP contribution is 2.32. The number of benzene rings is 2. The van der Waals surface area contributed by atoms with Gasteiger partial charge in [-0.3, -0.25) is 4.99 Å². The summed E-state index contributed by atoms with van der Waals surface area (Å²) in [6.07, 6.45) is 0.342. The van der Waals surface area contributed by atoms with Gasteiger partial charge in [-0.05, 0) is 27.2 Å². The van der Waals surface area contributed by atoms with Crippen LogP contribution >= 0.6 is 0 Å². The molecule has 0 radical (unpaired) electrons. The van der Waals surface area contributed by atoms with E-state index in [2.05, 4.69) is 0 Å². The molecule has 0 aliphatic carbocycles. The minimum Gasteiger partial charge on any atom is -0.444 e. The van der Waals surface area contributed by atoms with E-state index in [0.717, 1.165) is 16.8 Å². The van der Waals surface area contributed by atoms with E-state index < -0.39 is 11.0 Å². The predicted molar refractivity (Wildman–Crippen MR) is 120 cm³/mol. The lowest BCUT2D eigenvalue weighted by atomic mass is 9.80. The molecule has 1 saturated heterocycles. The number of aliphatic hydroxyl groups is 1. The first kappa shape index (κ1) is 22.0. The summed E-state index contributed by atoms with van der Waals surface area (Å²) < 4.78 is 5.59. The Morgan fingerprint density at radius 3 is 2.10 bits per heavy atom. The van der Waals surface area contributed by atoms with Crippen LogP contribution in [0.15, 0.2) is 65.7 Å². The number of amides is 1. The van der Waals surface area contributed by atoms with Crippen LogP contribution in [0.2, 0.25) is 0 Å². The Morgan fingerprint density at radius 2 is 1.63 bits per heavy atom. The van der Waals surface area contributed by atoms with Crippen molar-refractivity contribution in [3.63, 3.8) is 0 Å². The number of carbonyl (C=O) groups is 1. The van der Waals surface area contributed by atoms with E-state index in [9.17, 15) is 9.90 Å². The SMILES string of the molecule is CC1(CO)CC(N=C(c2ccccc2)c2ccccc2)CN(C(=O)OC(C)(C)C)C1. The molecular formula is C25H32N2O3. The summed E-state index contributed by atoms with van der Waals surface area (Å²) in [5, 5.41) is 10.0. The van der Waals surface area contributed by atoms with E-state index in [1.165, 1.54) is 0 Å². The molecule has 1 N–H and O–H groups in total. The first-order valence-corrected chi connectivity index (χ1v) is 10.5. The smallest absolute Gasteiger partial charge is 0.410 e. The molecular weight excluding hydrogens is 376 g/mol. The van der Waals surface area contributed by atoms with Gasteiger partial charge in [0.05, 0.1) is 18.4 Å². The predicted octanol–water partition coefficient (Wildman–Crippen LogP) is 4.53. The maximum atomic E-state index is 12.8. The number of aliphatic hydroxyl groups excluding tert-OH is 1. The zero-order valence-electron chi connectivity index (χ0n) is 18.3. The number of piperidine rings is 1. The highest BCUT2D eigenvalue weighted by atomic mass is 16.6. The summed E-state index contributed by atoms with van der Waals surface area (Å²) in [6.45, 7) is 8.49. The third kappa shape index (κ3) is 5.70. The van der Waals surface area contributed by atoms with Crippen molar-refractivity contribution in [3.8, 4) is 0 Å². The van der Waals surface area contributed by atoms with Gasteiger partial charge in [0.15, 0.2) is 0 Å². The van der Waals surface area contributed by atoms with Gasteiger partial charge in [0.1, 0.15) is 5.60 Å². The van der Waals surface area contributed by atoms with Crippen LogP contribution in [0.4, 0.5) is 4.79 Å². The van der Waals surface area contributed by atoms with Crippen LogP contribution in [-0.2, 0) is 4.74 Å². The number of aliphatic imine (C=N–C) groups is 1. The number of hydrogen-bond donors (Lipinski definition) is 1. The van der Waals surface area contributed by atoms with Crippen molar-refractivity contribution < 1.29 is 14.6 Å². The molecule has 160 valence electrons. The fraction of sp³-hybridized carbons (Fsp3) is 0.440. The summed E-state index contributed by atoms with van der Waals surface area (Å²) in [5.74, 6) is 0. The van der Waals surface area contributed by atoms with Crippen molar-refractivity contribution in [2.75, 3.05) is 19.7 Å². The van der Waals surface area contributed by atoms with Crippen LogP contribution in [-0.4, -0.2) is 53.2 Å².